The second-order valence-corrected chi connectivity index (χ2v) is 12.1. The van der Waals surface area contributed by atoms with E-state index in [1.807, 2.05) is 12.1 Å². The second kappa shape index (κ2) is 13.4. The Morgan fingerprint density at radius 2 is 1.96 bits per heavy atom. The van der Waals surface area contributed by atoms with Gasteiger partial charge in [-0.05, 0) is 49.4 Å². The second-order valence-electron chi connectivity index (χ2n) is 12.1. The highest BCUT2D eigenvalue weighted by molar-refractivity contribution is 5.94. The quantitative estimate of drug-likeness (QED) is 0.388. The van der Waals surface area contributed by atoms with Crippen molar-refractivity contribution < 1.29 is 18.7 Å². The fourth-order valence-corrected chi connectivity index (χ4v) is 6.36. The van der Waals surface area contributed by atoms with Gasteiger partial charge >= 0.3 is 0 Å². The number of nitrogens with zero attached hydrogens (tertiary/aromatic N) is 9. The highest BCUT2D eigenvalue weighted by atomic mass is 19.1. The number of likely N-dealkylation sites (tertiary alicyclic amines) is 1. The summed E-state index contributed by atoms with van der Waals surface area (Å²) < 4.78 is 26.5. The Morgan fingerprint density at radius 1 is 1.11 bits per heavy atom. The summed E-state index contributed by atoms with van der Waals surface area (Å²) in [4.78, 5) is 32.1. The molecule has 1 amide bonds. The van der Waals surface area contributed by atoms with Crippen LogP contribution in [0.1, 0.15) is 18.9 Å². The average molecular weight is 639 g/mol. The van der Waals surface area contributed by atoms with Gasteiger partial charge in [-0.1, -0.05) is 0 Å². The van der Waals surface area contributed by atoms with Crippen LogP contribution in [0.2, 0.25) is 0 Å². The van der Waals surface area contributed by atoms with Gasteiger partial charge in [-0.15, -0.1) is 0 Å². The summed E-state index contributed by atoms with van der Waals surface area (Å²) in [6.07, 6.45) is 0.908. The van der Waals surface area contributed by atoms with Crippen molar-refractivity contribution in [2.75, 3.05) is 62.7 Å². The van der Waals surface area contributed by atoms with Crippen LogP contribution in [0.25, 0.3) is 11.4 Å². The number of nitriles is 1. The van der Waals surface area contributed by atoms with Gasteiger partial charge in [0.25, 0.3) is 5.91 Å². The smallest absolute Gasteiger partial charge is 0.253 e. The Balaban J connectivity index is 0.969. The molecule has 0 aliphatic carbocycles. The van der Waals surface area contributed by atoms with Crippen molar-refractivity contribution >= 4 is 23.2 Å². The van der Waals surface area contributed by atoms with Gasteiger partial charge in [0.05, 0.1) is 49.7 Å². The first-order valence-corrected chi connectivity index (χ1v) is 15.8. The molecule has 1 N–H and O–H groups in total. The van der Waals surface area contributed by atoms with E-state index >= 15 is 4.39 Å². The summed E-state index contributed by atoms with van der Waals surface area (Å²) >= 11 is 0. The van der Waals surface area contributed by atoms with Gasteiger partial charge in [-0.3, -0.25) is 9.69 Å². The lowest BCUT2D eigenvalue weighted by Crippen LogP contribution is -2.60. The number of hydrogen-bond donors (Lipinski definition) is 1. The third-order valence-electron chi connectivity index (χ3n) is 9.05. The molecule has 3 atom stereocenters. The monoisotopic (exact) mass is 638 g/mol. The van der Waals surface area contributed by atoms with Crippen molar-refractivity contribution in [3.63, 3.8) is 0 Å². The summed E-state index contributed by atoms with van der Waals surface area (Å²) in [6.45, 7) is 7.35. The molecule has 4 aliphatic rings. The molecular formula is C33H35FN10O3. The lowest BCUT2D eigenvalue weighted by Gasteiger charge is -2.47. The van der Waals surface area contributed by atoms with E-state index in [1.165, 1.54) is 23.1 Å². The first kappa shape index (κ1) is 30.6. The van der Waals surface area contributed by atoms with Crippen LogP contribution in [0.5, 0.6) is 5.75 Å². The molecule has 0 spiro atoms. The van der Waals surface area contributed by atoms with Crippen LogP contribution in [0.4, 0.5) is 21.7 Å². The van der Waals surface area contributed by atoms with E-state index in [0.717, 1.165) is 38.5 Å². The van der Waals surface area contributed by atoms with Gasteiger partial charge in [0, 0.05) is 55.6 Å². The fraction of sp³-hybridized carbons (Fsp3) is 0.424. The molecule has 2 aromatic carbocycles. The third kappa shape index (κ3) is 6.63. The zero-order valence-electron chi connectivity index (χ0n) is 26.0. The van der Waals surface area contributed by atoms with Crippen molar-refractivity contribution in [3.05, 3.63) is 66.1 Å². The number of alkyl halides is 1. The molecule has 0 bridgehead atoms. The molecule has 13 nitrogen and oxygen atoms in total. The number of aromatic nitrogens is 3. The Morgan fingerprint density at radius 3 is 2.66 bits per heavy atom. The number of nitrogens with one attached hydrogen (secondary N) is 1. The summed E-state index contributed by atoms with van der Waals surface area (Å²) in [7, 11) is 0. The molecule has 47 heavy (non-hydrogen) atoms. The number of anilines is 3. The molecule has 0 saturated carbocycles. The number of piperazine rings is 1. The van der Waals surface area contributed by atoms with Crippen LogP contribution in [-0.2, 0) is 9.53 Å². The largest absolute Gasteiger partial charge is 0.486 e. The molecule has 0 radical (unpaired) electrons. The van der Waals surface area contributed by atoms with Gasteiger partial charge in [0.15, 0.2) is 12.0 Å². The van der Waals surface area contributed by atoms with Crippen LogP contribution >= 0.6 is 0 Å². The molecule has 14 heteroatoms. The van der Waals surface area contributed by atoms with E-state index in [-0.39, 0.29) is 36.7 Å². The third-order valence-corrected chi connectivity index (χ3v) is 9.05. The van der Waals surface area contributed by atoms with Crippen LogP contribution in [0.3, 0.4) is 0 Å². The first-order chi connectivity index (χ1) is 22.9. The molecule has 3 fully saturated rings. The average Bonchev–Trinajstić information content (AvgIpc) is 3.61. The summed E-state index contributed by atoms with van der Waals surface area (Å²) in [5, 5.41) is 20.6. The van der Waals surface area contributed by atoms with E-state index in [2.05, 4.69) is 65.4 Å². The molecule has 7 rings (SSSR count). The fourth-order valence-electron chi connectivity index (χ4n) is 6.36. The molecule has 3 aromatic rings. The van der Waals surface area contributed by atoms with Gasteiger partial charge in [-0.25, -0.2) is 14.4 Å². The molecule has 3 saturated heterocycles. The topological polar surface area (TPSA) is 144 Å². The number of carbonyl (C=O) groups excluding carboxylic acids is 1. The highest BCUT2D eigenvalue weighted by Gasteiger charge is 2.35. The maximum absolute atomic E-state index is 15.1. The number of benzene rings is 2. The van der Waals surface area contributed by atoms with E-state index in [4.69, 9.17) is 9.47 Å². The number of azo groups is 1. The maximum atomic E-state index is 15.1. The SMILES string of the molecule is C[C@H]1CN(c2ccc(Nc3ncnc(-c4ccc(O[C@H]5CCN(C(=O)C6=CN=NC6)C[C@H]5F)c(C#N)c4)n3)cc2)CCN1C1COC1. The first-order valence-electron chi connectivity index (χ1n) is 15.8. The molecular weight excluding hydrogens is 603 g/mol. The zero-order valence-corrected chi connectivity index (χ0v) is 26.0. The standard InChI is InChI=1S/C33H35FN10O3/c1-21-16-42(10-11-44(21)27-18-46-19-27)26-5-3-25(4-6-26)40-33-37-20-36-31(41-33)22-2-7-29(23(12-22)13-35)47-30-8-9-43(17-28(30)34)32(45)24-14-38-39-15-24/h2-7,12,14,20-21,27-28,30H,8-11,15-19H2,1H3,(H,36,37,40,41)/t21-,28+,30-/m0/s1. The number of halogens is 1. The molecule has 5 heterocycles. The molecule has 1 aromatic heterocycles. The number of hydrogen-bond acceptors (Lipinski definition) is 12. The van der Waals surface area contributed by atoms with Crippen LogP contribution in [0, 0.1) is 11.3 Å². The Bertz CT molecular complexity index is 1720. The van der Waals surface area contributed by atoms with Crippen LogP contribution in [0.15, 0.2) is 70.8 Å². The van der Waals surface area contributed by atoms with E-state index in [1.54, 1.807) is 18.2 Å². The summed E-state index contributed by atoms with van der Waals surface area (Å²) in [5.74, 6) is 0.741. The predicted octanol–water partition coefficient (Wildman–Crippen LogP) is 3.73. The van der Waals surface area contributed by atoms with Crippen molar-refractivity contribution in [1.82, 2.24) is 24.8 Å². The van der Waals surface area contributed by atoms with Crippen molar-refractivity contribution in [3.8, 4) is 23.2 Å². The minimum Gasteiger partial charge on any atom is -0.486 e. The number of ether oxygens (including phenoxy) is 2. The van der Waals surface area contributed by atoms with Gasteiger partial charge < -0.3 is 24.6 Å². The lowest BCUT2D eigenvalue weighted by molar-refractivity contribution is -0.130. The molecule has 242 valence electrons. The van der Waals surface area contributed by atoms with Gasteiger partial charge in [-0.2, -0.15) is 20.5 Å². The van der Waals surface area contributed by atoms with Gasteiger partial charge in [0.1, 0.15) is 24.3 Å². The Labute approximate surface area is 271 Å². The van der Waals surface area contributed by atoms with E-state index < -0.39 is 12.3 Å². The summed E-state index contributed by atoms with van der Waals surface area (Å²) in [6, 6.07) is 16.3. The highest BCUT2D eigenvalue weighted by Crippen LogP contribution is 2.30. The number of piperidine rings is 1. The Kier molecular flexibility index (Phi) is 8.73. The van der Waals surface area contributed by atoms with Crippen LogP contribution in [-0.4, -0.2) is 108 Å². The Hall–Kier alpha value is -5.00. The molecule has 4 aliphatic heterocycles. The van der Waals surface area contributed by atoms with Gasteiger partial charge in [0.2, 0.25) is 5.95 Å². The predicted molar refractivity (Wildman–Crippen MR) is 171 cm³/mol. The van der Waals surface area contributed by atoms with Crippen molar-refractivity contribution in [1.29, 1.82) is 5.26 Å². The van der Waals surface area contributed by atoms with E-state index in [0.29, 0.717) is 41.5 Å². The zero-order chi connectivity index (χ0) is 32.3. The van der Waals surface area contributed by atoms with Crippen LogP contribution < -0.4 is 15.0 Å². The van der Waals surface area contributed by atoms with E-state index in [9.17, 15) is 10.1 Å². The van der Waals surface area contributed by atoms with Crippen molar-refractivity contribution in [2.24, 2.45) is 10.2 Å². The minimum atomic E-state index is -1.41. The number of carbonyl (C=O) groups is 1. The number of amides is 1. The number of rotatable bonds is 8. The minimum absolute atomic E-state index is 0.100. The lowest BCUT2D eigenvalue weighted by atomic mass is 10.0. The van der Waals surface area contributed by atoms with Crippen molar-refractivity contribution in [2.45, 2.75) is 37.7 Å². The molecule has 0 unspecified atom stereocenters. The normalized spacial score (nSPS) is 23.2. The summed E-state index contributed by atoms with van der Waals surface area (Å²) in [5.41, 5.74) is 3.28. The maximum Gasteiger partial charge on any atom is 0.253 e.